The molecule has 1 aliphatic heterocycles. The van der Waals surface area contributed by atoms with Gasteiger partial charge in [0.2, 0.25) is 5.91 Å². The molecule has 1 aliphatic rings. The van der Waals surface area contributed by atoms with Crippen molar-refractivity contribution in [3.63, 3.8) is 0 Å². The molecule has 1 saturated heterocycles. The Morgan fingerprint density at radius 2 is 1.81 bits per heavy atom. The van der Waals surface area contributed by atoms with Gasteiger partial charge in [-0.3, -0.25) is 9.59 Å². The fraction of sp³-hybridized carbons (Fsp3) is 0.625. The van der Waals surface area contributed by atoms with Gasteiger partial charge in [-0.15, -0.1) is 0 Å². The third kappa shape index (κ3) is 7.98. The molecular formula is C24H35NO6. The summed E-state index contributed by atoms with van der Waals surface area (Å²) in [5.41, 5.74) is 0.345. The first-order valence-corrected chi connectivity index (χ1v) is 10.9. The Kier molecular flexibility index (Phi) is 8.62. The van der Waals surface area contributed by atoms with Crippen LogP contribution in [0, 0.1) is 11.8 Å². The number of carbonyl (C=O) groups is 3. The number of carboxylic acids is 1. The molecule has 7 nitrogen and oxygen atoms in total. The average molecular weight is 434 g/mol. The summed E-state index contributed by atoms with van der Waals surface area (Å²) in [7, 11) is 0. The predicted molar refractivity (Wildman–Crippen MR) is 116 cm³/mol. The smallest absolute Gasteiger partial charge is 0.326 e. The van der Waals surface area contributed by atoms with Crippen LogP contribution in [0.4, 0.5) is 0 Å². The highest BCUT2D eigenvalue weighted by molar-refractivity contribution is 5.88. The molecule has 2 rings (SSSR count). The van der Waals surface area contributed by atoms with Gasteiger partial charge in [-0.05, 0) is 38.7 Å². The minimum absolute atomic E-state index is 0.0628. The molecule has 1 aromatic rings. The lowest BCUT2D eigenvalue weighted by molar-refractivity contribution is -0.159. The first kappa shape index (κ1) is 24.9. The van der Waals surface area contributed by atoms with E-state index in [2.05, 4.69) is 0 Å². The van der Waals surface area contributed by atoms with Crippen molar-refractivity contribution in [1.29, 1.82) is 0 Å². The van der Waals surface area contributed by atoms with Gasteiger partial charge in [0.25, 0.3) is 0 Å². The van der Waals surface area contributed by atoms with Crippen molar-refractivity contribution >= 4 is 17.8 Å². The molecule has 1 amide bonds. The number of amides is 1. The zero-order chi connectivity index (χ0) is 23.2. The van der Waals surface area contributed by atoms with Gasteiger partial charge < -0.3 is 19.5 Å². The van der Waals surface area contributed by atoms with Gasteiger partial charge in [0, 0.05) is 18.9 Å². The molecule has 1 aromatic carbocycles. The molecule has 1 fully saturated rings. The minimum atomic E-state index is -1.06. The van der Waals surface area contributed by atoms with Crippen molar-refractivity contribution in [2.45, 2.75) is 78.2 Å². The zero-order valence-electron chi connectivity index (χ0n) is 19.2. The normalized spacial score (nSPS) is 20.0. The number of benzene rings is 1. The summed E-state index contributed by atoms with van der Waals surface area (Å²) in [5, 5.41) is 9.69. The van der Waals surface area contributed by atoms with Gasteiger partial charge in [-0.25, -0.2) is 4.79 Å². The van der Waals surface area contributed by atoms with E-state index in [0.717, 1.165) is 5.56 Å². The third-order valence-corrected chi connectivity index (χ3v) is 5.10. The maximum atomic E-state index is 13.3. The van der Waals surface area contributed by atoms with Crippen LogP contribution in [0.5, 0.6) is 0 Å². The average Bonchev–Trinajstić information content (AvgIpc) is 3.09. The number of rotatable bonds is 9. The molecule has 0 bridgehead atoms. The summed E-state index contributed by atoms with van der Waals surface area (Å²) < 4.78 is 11.3. The molecule has 172 valence electrons. The van der Waals surface area contributed by atoms with Crippen molar-refractivity contribution in [3.05, 3.63) is 35.9 Å². The van der Waals surface area contributed by atoms with Crippen LogP contribution in [-0.2, 0) is 30.5 Å². The Morgan fingerprint density at radius 3 is 2.35 bits per heavy atom. The molecule has 0 aliphatic carbocycles. The quantitative estimate of drug-likeness (QED) is 0.598. The Labute approximate surface area is 184 Å². The van der Waals surface area contributed by atoms with E-state index in [9.17, 15) is 19.5 Å². The summed E-state index contributed by atoms with van der Waals surface area (Å²) in [6.07, 6.45) is 0.282. The molecule has 31 heavy (non-hydrogen) atoms. The van der Waals surface area contributed by atoms with Gasteiger partial charge in [0.15, 0.2) is 0 Å². The fourth-order valence-corrected chi connectivity index (χ4v) is 3.84. The fourth-order valence-electron chi connectivity index (χ4n) is 3.84. The van der Waals surface area contributed by atoms with Crippen LogP contribution in [0.3, 0.4) is 0 Å². The lowest BCUT2D eigenvalue weighted by Crippen LogP contribution is -2.44. The highest BCUT2D eigenvalue weighted by atomic mass is 16.6. The van der Waals surface area contributed by atoms with Gasteiger partial charge in [-0.2, -0.15) is 0 Å². The number of hydrogen-bond acceptors (Lipinski definition) is 5. The highest BCUT2D eigenvalue weighted by Gasteiger charge is 2.43. The molecule has 0 spiro atoms. The van der Waals surface area contributed by atoms with Gasteiger partial charge in [-0.1, -0.05) is 44.2 Å². The number of likely N-dealkylation sites (tertiary alicyclic amines) is 1. The molecule has 1 N–H and O–H groups in total. The highest BCUT2D eigenvalue weighted by Crippen LogP contribution is 2.28. The topological polar surface area (TPSA) is 93.1 Å². The van der Waals surface area contributed by atoms with E-state index in [-0.39, 0.29) is 37.3 Å². The molecule has 7 heteroatoms. The van der Waals surface area contributed by atoms with Crippen LogP contribution in [0.25, 0.3) is 0 Å². The zero-order valence-corrected chi connectivity index (χ0v) is 19.2. The van der Waals surface area contributed by atoms with E-state index in [1.165, 1.54) is 4.90 Å². The second kappa shape index (κ2) is 10.8. The number of aliphatic carboxylic acids is 1. The van der Waals surface area contributed by atoms with Crippen molar-refractivity contribution in [2.24, 2.45) is 11.8 Å². The Bertz CT molecular complexity index is 755. The number of carbonyl (C=O) groups excluding carboxylic acids is 2. The lowest BCUT2D eigenvalue weighted by atomic mass is 9.92. The first-order valence-electron chi connectivity index (χ1n) is 10.9. The Balaban J connectivity index is 2.09. The SMILES string of the molecule is CC(C)CC(CC(=O)OC(C)(C)C)C(=O)N1CC(OCc2ccccc2)CC1C(=O)O. The van der Waals surface area contributed by atoms with Gasteiger partial charge in [0.1, 0.15) is 11.6 Å². The number of ether oxygens (including phenoxy) is 2. The van der Waals surface area contributed by atoms with Gasteiger partial charge >= 0.3 is 11.9 Å². The summed E-state index contributed by atoms with van der Waals surface area (Å²) >= 11 is 0. The van der Waals surface area contributed by atoms with E-state index in [4.69, 9.17) is 9.47 Å². The first-order chi connectivity index (χ1) is 14.5. The second-order valence-corrected chi connectivity index (χ2v) is 9.62. The number of carboxylic acid groups (broad SMARTS) is 1. The number of hydrogen-bond donors (Lipinski definition) is 1. The van der Waals surface area contributed by atoms with Crippen molar-refractivity contribution in [3.8, 4) is 0 Å². The van der Waals surface area contributed by atoms with Crippen molar-refractivity contribution in [1.82, 2.24) is 4.90 Å². The van der Waals surface area contributed by atoms with E-state index < -0.39 is 29.5 Å². The third-order valence-electron chi connectivity index (χ3n) is 5.10. The second-order valence-electron chi connectivity index (χ2n) is 9.62. The molecular weight excluding hydrogens is 398 g/mol. The number of esters is 1. The molecule has 0 aromatic heterocycles. The van der Waals surface area contributed by atoms with E-state index in [1.54, 1.807) is 20.8 Å². The van der Waals surface area contributed by atoms with E-state index in [1.807, 2.05) is 44.2 Å². The monoisotopic (exact) mass is 433 g/mol. The molecule has 3 atom stereocenters. The van der Waals surface area contributed by atoms with Crippen LogP contribution in [0.15, 0.2) is 30.3 Å². The summed E-state index contributed by atoms with van der Waals surface area (Å²) in [6.45, 7) is 9.83. The maximum Gasteiger partial charge on any atom is 0.326 e. The van der Waals surface area contributed by atoms with Crippen LogP contribution in [-0.4, -0.2) is 52.1 Å². The number of nitrogens with zero attached hydrogens (tertiary/aromatic N) is 1. The maximum absolute atomic E-state index is 13.3. The predicted octanol–water partition coefficient (Wildman–Crippen LogP) is 3.65. The van der Waals surface area contributed by atoms with Gasteiger partial charge in [0.05, 0.1) is 19.1 Å². The summed E-state index contributed by atoms with van der Waals surface area (Å²) in [6, 6.07) is 8.66. The van der Waals surface area contributed by atoms with Crippen LogP contribution in [0.1, 0.15) is 59.4 Å². The Morgan fingerprint density at radius 1 is 1.16 bits per heavy atom. The molecule has 0 radical (unpaired) electrons. The minimum Gasteiger partial charge on any atom is -0.480 e. The van der Waals surface area contributed by atoms with Crippen LogP contribution >= 0.6 is 0 Å². The molecule has 3 unspecified atom stereocenters. The van der Waals surface area contributed by atoms with E-state index in [0.29, 0.717) is 13.0 Å². The van der Waals surface area contributed by atoms with Crippen LogP contribution in [0.2, 0.25) is 0 Å². The summed E-state index contributed by atoms with van der Waals surface area (Å²) in [5.74, 6) is -2.27. The summed E-state index contributed by atoms with van der Waals surface area (Å²) in [4.78, 5) is 38.9. The van der Waals surface area contributed by atoms with Crippen molar-refractivity contribution < 1.29 is 29.0 Å². The Hall–Kier alpha value is -2.41. The standard InChI is InChI=1S/C24H35NO6/c1-16(2)11-18(12-21(26)31-24(3,4)5)22(27)25-14-19(13-20(25)23(28)29)30-15-17-9-7-6-8-10-17/h6-10,16,18-20H,11-15H2,1-5H3,(H,28,29). The largest absolute Gasteiger partial charge is 0.480 e. The lowest BCUT2D eigenvalue weighted by Gasteiger charge is -2.28. The molecule has 0 saturated carbocycles. The van der Waals surface area contributed by atoms with Crippen LogP contribution < -0.4 is 0 Å². The molecule has 1 heterocycles. The van der Waals surface area contributed by atoms with E-state index >= 15 is 0 Å². The van der Waals surface area contributed by atoms with Crippen molar-refractivity contribution in [2.75, 3.05) is 6.54 Å².